The Morgan fingerprint density at radius 1 is 1.11 bits per heavy atom. The fourth-order valence-corrected chi connectivity index (χ4v) is 7.01. The Kier molecular flexibility index (Phi) is 7.98. The molecule has 44 heavy (non-hydrogen) atoms. The van der Waals surface area contributed by atoms with Gasteiger partial charge >= 0.3 is 6.01 Å². The fraction of sp³-hybridized carbons (Fsp3) is 0.545. The number of piperidine rings is 1. The summed E-state index contributed by atoms with van der Waals surface area (Å²) in [5.41, 5.74) is 2.51. The molecule has 1 aliphatic carbocycles. The van der Waals surface area contributed by atoms with E-state index >= 15 is 0 Å². The fourth-order valence-electron chi connectivity index (χ4n) is 7.01. The van der Waals surface area contributed by atoms with Gasteiger partial charge in [-0.3, -0.25) is 23.9 Å². The van der Waals surface area contributed by atoms with Crippen molar-refractivity contribution in [2.75, 3.05) is 6.54 Å². The quantitative estimate of drug-likeness (QED) is 0.427. The number of hydrogen-bond acceptors (Lipinski definition) is 8. The van der Waals surface area contributed by atoms with Crippen LogP contribution in [0.25, 0.3) is 10.9 Å². The number of rotatable bonds is 5. The smallest absolute Gasteiger partial charge is 0.321 e. The highest BCUT2D eigenvalue weighted by molar-refractivity contribution is 6.06. The molecule has 1 saturated carbocycles. The van der Waals surface area contributed by atoms with Crippen molar-refractivity contribution < 1.29 is 23.9 Å². The van der Waals surface area contributed by atoms with E-state index in [-0.39, 0.29) is 59.0 Å². The number of carbonyl (C=O) groups is 4. The Hall–Kier alpha value is -4.15. The van der Waals surface area contributed by atoms with Gasteiger partial charge in [-0.15, -0.1) is 0 Å². The molecule has 1 aromatic carbocycles. The van der Waals surface area contributed by atoms with Crippen molar-refractivity contribution in [3.8, 4) is 11.8 Å². The van der Waals surface area contributed by atoms with Crippen LogP contribution < -0.4 is 10.1 Å². The predicted octanol–water partition coefficient (Wildman–Crippen LogP) is 4.34. The van der Waals surface area contributed by atoms with E-state index in [2.05, 4.69) is 20.4 Å². The second kappa shape index (κ2) is 11.7. The lowest BCUT2D eigenvalue weighted by Gasteiger charge is -2.26. The van der Waals surface area contributed by atoms with E-state index in [4.69, 9.17) is 4.74 Å². The molecule has 1 saturated heterocycles. The number of nitrogens with one attached hydrogen (secondary N) is 1. The zero-order valence-corrected chi connectivity index (χ0v) is 25.9. The Bertz CT molecular complexity index is 1630. The van der Waals surface area contributed by atoms with Crippen LogP contribution in [0, 0.1) is 18.3 Å². The van der Waals surface area contributed by atoms with E-state index in [0.717, 1.165) is 48.7 Å². The van der Waals surface area contributed by atoms with E-state index in [1.165, 1.54) is 6.92 Å². The van der Waals surface area contributed by atoms with E-state index in [1.54, 1.807) is 28.0 Å². The molecule has 3 aliphatic rings. The summed E-state index contributed by atoms with van der Waals surface area (Å²) in [4.78, 5) is 63.2. The van der Waals surface area contributed by atoms with Gasteiger partial charge < -0.3 is 15.0 Å². The third kappa shape index (κ3) is 5.59. The molecular formula is C33H40N6O5. The second-order valence-electron chi connectivity index (χ2n) is 12.8. The summed E-state index contributed by atoms with van der Waals surface area (Å²) < 4.78 is 7.67. The van der Waals surface area contributed by atoms with Crippen molar-refractivity contribution in [2.45, 2.75) is 97.7 Å². The Morgan fingerprint density at radius 3 is 2.61 bits per heavy atom. The number of hydrogen-bond donors (Lipinski definition) is 1. The summed E-state index contributed by atoms with van der Waals surface area (Å²) in [7, 11) is 0. The number of aromatic nitrogens is 4. The van der Waals surface area contributed by atoms with E-state index in [1.807, 2.05) is 26.8 Å². The van der Waals surface area contributed by atoms with E-state index < -0.39 is 6.04 Å². The van der Waals surface area contributed by atoms with Crippen LogP contribution in [-0.2, 0) is 27.3 Å². The summed E-state index contributed by atoms with van der Waals surface area (Å²) in [6.07, 6.45) is 9.08. The van der Waals surface area contributed by atoms with Gasteiger partial charge in [0.2, 0.25) is 11.8 Å². The maximum atomic E-state index is 14.1. The molecule has 11 heteroatoms. The van der Waals surface area contributed by atoms with Gasteiger partial charge in [-0.05, 0) is 62.3 Å². The highest BCUT2D eigenvalue weighted by Gasteiger charge is 2.66. The number of amides is 2. The summed E-state index contributed by atoms with van der Waals surface area (Å²) in [6, 6.07) is 3.24. The number of benzene rings is 1. The van der Waals surface area contributed by atoms with Gasteiger partial charge in [0, 0.05) is 55.0 Å². The van der Waals surface area contributed by atoms with Crippen LogP contribution in [0.2, 0.25) is 0 Å². The monoisotopic (exact) mass is 600 g/mol. The van der Waals surface area contributed by atoms with Crippen molar-refractivity contribution in [3.05, 3.63) is 41.3 Å². The Labute approximate surface area is 256 Å². The molecule has 2 bridgehead atoms. The number of nitrogens with zero attached hydrogens (tertiary/aromatic N) is 5. The number of ether oxygens (including phenoxy) is 1. The maximum Gasteiger partial charge on any atom is 0.321 e. The summed E-state index contributed by atoms with van der Waals surface area (Å²) in [5, 5.41) is 8.41. The topological polar surface area (TPSA) is 136 Å². The average molecular weight is 601 g/mol. The molecule has 11 nitrogen and oxygen atoms in total. The van der Waals surface area contributed by atoms with Crippen LogP contribution in [0.3, 0.4) is 0 Å². The summed E-state index contributed by atoms with van der Waals surface area (Å²) in [5.74, 6) is -0.0112. The number of carbonyl (C=O) groups excluding carboxylic acids is 4. The lowest BCUT2D eigenvalue weighted by Crippen LogP contribution is -2.44. The largest absolute Gasteiger partial charge is 0.424 e. The normalized spacial score (nSPS) is 25.7. The molecule has 1 N–H and O–H groups in total. The van der Waals surface area contributed by atoms with Gasteiger partial charge in [-0.2, -0.15) is 5.10 Å². The molecule has 0 spiro atoms. The molecule has 2 amide bonds. The van der Waals surface area contributed by atoms with Crippen LogP contribution in [0.4, 0.5) is 0 Å². The first kappa shape index (κ1) is 29.9. The van der Waals surface area contributed by atoms with Crippen LogP contribution in [0.5, 0.6) is 11.8 Å². The molecule has 2 fully saturated rings. The molecule has 2 aliphatic heterocycles. The first-order valence-corrected chi connectivity index (χ1v) is 15.7. The van der Waals surface area contributed by atoms with Crippen LogP contribution in [-0.4, -0.2) is 66.7 Å². The third-order valence-electron chi connectivity index (χ3n) is 9.55. The molecule has 3 aromatic rings. The molecule has 0 radical (unpaired) electrons. The first-order valence-electron chi connectivity index (χ1n) is 15.7. The van der Waals surface area contributed by atoms with Gasteiger partial charge in [0.15, 0.2) is 11.6 Å². The van der Waals surface area contributed by atoms with Gasteiger partial charge in [0.1, 0.15) is 18.0 Å². The minimum Gasteiger partial charge on any atom is -0.424 e. The van der Waals surface area contributed by atoms with Crippen molar-refractivity contribution >= 4 is 34.3 Å². The van der Waals surface area contributed by atoms with Gasteiger partial charge in [0.25, 0.3) is 0 Å². The molecule has 4 atom stereocenters. The minimum atomic E-state index is -0.525. The number of Topliss-reactive ketones (excluding diaryl/α,β-unsaturated/α-hetero) is 2. The zero-order valence-electron chi connectivity index (χ0n) is 25.9. The maximum absolute atomic E-state index is 14.1. The van der Waals surface area contributed by atoms with Crippen molar-refractivity contribution in [3.63, 3.8) is 0 Å². The molecule has 0 unspecified atom stereocenters. The summed E-state index contributed by atoms with van der Waals surface area (Å²) in [6.45, 7) is 7.51. The Morgan fingerprint density at radius 2 is 1.89 bits per heavy atom. The van der Waals surface area contributed by atoms with Crippen LogP contribution >= 0.6 is 0 Å². The van der Waals surface area contributed by atoms with Gasteiger partial charge in [0.05, 0.1) is 11.6 Å². The highest BCUT2D eigenvalue weighted by Crippen LogP contribution is 2.59. The van der Waals surface area contributed by atoms with Gasteiger partial charge in [-0.25, -0.2) is 9.97 Å². The molecular weight excluding hydrogens is 560 g/mol. The Balaban J connectivity index is 1.41. The molecule has 4 heterocycles. The third-order valence-corrected chi connectivity index (χ3v) is 9.55. The minimum absolute atomic E-state index is 0.0228. The lowest BCUT2D eigenvalue weighted by molar-refractivity contribution is -0.139. The van der Waals surface area contributed by atoms with Crippen LogP contribution in [0.1, 0.15) is 87.3 Å². The van der Waals surface area contributed by atoms with Crippen molar-refractivity contribution in [1.29, 1.82) is 0 Å². The number of ketones is 2. The number of aryl methyl sites for hydroxylation is 2. The lowest BCUT2D eigenvalue weighted by atomic mass is 9.95. The highest BCUT2D eigenvalue weighted by atomic mass is 16.5. The summed E-state index contributed by atoms with van der Waals surface area (Å²) >= 11 is 0. The zero-order chi connectivity index (χ0) is 31.2. The predicted molar refractivity (Wildman–Crippen MR) is 162 cm³/mol. The van der Waals surface area contributed by atoms with Gasteiger partial charge in [-0.1, -0.05) is 26.7 Å². The average Bonchev–Trinajstić information content (AvgIpc) is 3.41. The van der Waals surface area contributed by atoms with Crippen molar-refractivity contribution in [2.24, 2.45) is 11.3 Å². The first-order chi connectivity index (χ1) is 21.1. The van der Waals surface area contributed by atoms with Crippen LogP contribution in [0.15, 0.2) is 24.5 Å². The van der Waals surface area contributed by atoms with Crippen molar-refractivity contribution in [1.82, 2.24) is 30.0 Å². The molecule has 6 rings (SSSR count). The SMILES string of the molecule is CCC(=O)[C@@H]1C[C@]23CNC(=O)[C@@H](C)CCCCCc4cc(Oc5ncc(C)cn5)cc5c(C(C)=O)nn(c45)CC(=O)N1[C@@H]2C3. The second-order valence-corrected chi connectivity index (χ2v) is 12.8. The molecule has 2 aromatic heterocycles. The van der Waals surface area contributed by atoms with E-state index in [9.17, 15) is 19.2 Å². The standard InChI is InChI=1S/C33H40N6O5/c1-5-26(41)25-13-33-14-27(33)39(25)28(42)17-38-30-22(10-8-6-7-9-20(3)31(43)36-18-33)11-23(12-24(30)29(37-38)21(4)40)44-32-34-15-19(2)16-35-32/h11-12,15-16,20,25,27H,5-10,13-14,17-18H2,1-4H3,(H,36,43)/t20-,25-,27+,33-/m0/s1. The van der Waals surface area contributed by atoms with E-state index in [0.29, 0.717) is 36.9 Å². The molecule has 232 valence electrons.